The zero-order chi connectivity index (χ0) is 13.3. The molecule has 0 saturated carbocycles. The fraction of sp³-hybridized carbons (Fsp3) is 0.357. The van der Waals surface area contributed by atoms with Crippen LogP contribution in [0.4, 0.5) is 0 Å². The van der Waals surface area contributed by atoms with E-state index < -0.39 is 11.4 Å². The van der Waals surface area contributed by atoms with Gasteiger partial charge < -0.3 is 9.67 Å². The molecule has 0 atom stereocenters. The highest BCUT2D eigenvalue weighted by atomic mass is 79.9. The van der Waals surface area contributed by atoms with Crippen molar-refractivity contribution >= 4 is 32.8 Å². The predicted molar refractivity (Wildman–Crippen MR) is 75.7 cm³/mol. The first kappa shape index (κ1) is 13.1. The lowest BCUT2D eigenvalue weighted by molar-refractivity contribution is -0.147. The molecule has 18 heavy (non-hydrogen) atoms. The van der Waals surface area contributed by atoms with Crippen molar-refractivity contribution in [3.8, 4) is 0 Å². The van der Waals surface area contributed by atoms with Crippen molar-refractivity contribution in [2.45, 2.75) is 26.8 Å². The summed E-state index contributed by atoms with van der Waals surface area (Å²) in [6.07, 6.45) is 2.62. The van der Waals surface area contributed by atoms with Crippen LogP contribution in [0.1, 0.15) is 20.3 Å². The van der Waals surface area contributed by atoms with Crippen LogP contribution in [0.5, 0.6) is 0 Å². The number of aromatic nitrogens is 1. The molecule has 0 amide bonds. The standard InChI is InChI=1S/C14H16BrNO2/c1-14(2,13(17)18)7-8-16-9-11(15)10-5-3-4-6-12(10)16/h3-6,9H,7-8H2,1-2H3,(H,17,18). The molecule has 1 N–H and O–H groups in total. The topological polar surface area (TPSA) is 42.2 Å². The summed E-state index contributed by atoms with van der Waals surface area (Å²) in [5.41, 5.74) is 0.434. The summed E-state index contributed by atoms with van der Waals surface area (Å²) in [4.78, 5) is 11.1. The Labute approximate surface area is 115 Å². The number of carboxylic acid groups (broad SMARTS) is 1. The van der Waals surface area contributed by atoms with Crippen LogP contribution in [0.2, 0.25) is 0 Å². The Bertz CT molecular complexity index is 586. The Balaban J connectivity index is 2.25. The third-order valence-electron chi connectivity index (χ3n) is 3.30. The fourth-order valence-corrected chi connectivity index (χ4v) is 2.48. The SMILES string of the molecule is CC(C)(CCn1cc(Br)c2ccccc21)C(=O)O. The van der Waals surface area contributed by atoms with Gasteiger partial charge in [-0.25, -0.2) is 0 Å². The molecule has 0 unspecified atom stereocenters. The van der Waals surface area contributed by atoms with Gasteiger partial charge in [-0.1, -0.05) is 18.2 Å². The van der Waals surface area contributed by atoms with Crippen molar-refractivity contribution in [3.05, 3.63) is 34.9 Å². The van der Waals surface area contributed by atoms with E-state index >= 15 is 0 Å². The maximum atomic E-state index is 11.1. The predicted octanol–water partition coefficient (Wildman–Crippen LogP) is 3.90. The van der Waals surface area contributed by atoms with Crippen LogP contribution >= 0.6 is 15.9 Å². The highest BCUT2D eigenvalue weighted by Crippen LogP contribution is 2.28. The smallest absolute Gasteiger partial charge is 0.309 e. The maximum absolute atomic E-state index is 11.1. The quantitative estimate of drug-likeness (QED) is 0.930. The number of hydrogen-bond acceptors (Lipinski definition) is 1. The van der Waals surface area contributed by atoms with Gasteiger partial charge in [0.25, 0.3) is 0 Å². The van der Waals surface area contributed by atoms with Crippen molar-refractivity contribution in [1.82, 2.24) is 4.57 Å². The summed E-state index contributed by atoms with van der Waals surface area (Å²) in [7, 11) is 0. The van der Waals surface area contributed by atoms with Gasteiger partial charge in [0, 0.05) is 28.1 Å². The molecule has 0 aliphatic heterocycles. The zero-order valence-corrected chi connectivity index (χ0v) is 12.1. The maximum Gasteiger partial charge on any atom is 0.309 e. The van der Waals surface area contributed by atoms with Gasteiger partial charge >= 0.3 is 5.97 Å². The first-order valence-corrected chi connectivity index (χ1v) is 6.68. The number of carboxylic acids is 1. The van der Waals surface area contributed by atoms with Gasteiger partial charge in [0.05, 0.1) is 5.41 Å². The van der Waals surface area contributed by atoms with E-state index in [1.165, 1.54) is 0 Å². The highest BCUT2D eigenvalue weighted by Gasteiger charge is 2.26. The molecular weight excluding hydrogens is 294 g/mol. The molecule has 1 aromatic carbocycles. The number of halogens is 1. The van der Waals surface area contributed by atoms with E-state index in [1.54, 1.807) is 13.8 Å². The summed E-state index contributed by atoms with van der Waals surface area (Å²) in [5, 5.41) is 10.3. The summed E-state index contributed by atoms with van der Waals surface area (Å²) < 4.78 is 3.15. The van der Waals surface area contributed by atoms with Crippen LogP contribution in [-0.4, -0.2) is 15.6 Å². The Morgan fingerprint density at radius 2 is 2.06 bits per heavy atom. The molecule has 3 nitrogen and oxygen atoms in total. The molecule has 0 aliphatic rings. The third-order valence-corrected chi connectivity index (χ3v) is 3.93. The van der Waals surface area contributed by atoms with Crippen LogP contribution < -0.4 is 0 Å². The minimum Gasteiger partial charge on any atom is -0.481 e. The molecule has 0 bridgehead atoms. The monoisotopic (exact) mass is 309 g/mol. The number of nitrogens with zero attached hydrogens (tertiary/aromatic N) is 1. The van der Waals surface area contributed by atoms with Crippen molar-refractivity contribution in [2.24, 2.45) is 5.41 Å². The summed E-state index contributed by atoms with van der Waals surface area (Å²) >= 11 is 3.53. The number of carbonyl (C=O) groups is 1. The van der Waals surface area contributed by atoms with E-state index in [2.05, 4.69) is 26.6 Å². The Kier molecular flexibility index (Phi) is 3.48. The van der Waals surface area contributed by atoms with E-state index in [0.29, 0.717) is 13.0 Å². The summed E-state index contributed by atoms with van der Waals surface area (Å²) in [5.74, 6) is -0.752. The first-order chi connectivity index (χ1) is 8.42. The Morgan fingerprint density at radius 1 is 1.39 bits per heavy atom. The number of benzene rings is 1. The molecule has 0 aliphatic carbocycles. The second kappa shape index (κ2) is 4.76. The minimum atomic E-state index is -0.752. The second-order valence-corrected chi connectivity index (χ2v) is 5.98. The minimum absolute atomic E-state index is 0.605. The number of rotatable bonds is 4. The van der Waals surface area contributed by atoms with E-state index in [1.807, 2.05) is 24.4 Å². The molecule has 4 heteroatoms. The molecule has 2 aromatic rings. The van der Waals surface area contributed by atoms with Crippen LogP contribution in [0.25, 0.3) is 10.9 Å². The molecule has 96 valence electrons. The van der Waals surface area contributed by atoms with E-state index in [4.69, 9.17) is 5.11 Å². The third kappa shape index (κ3) is 2.43. The summed E-state index contributed by atoms with van der Waals surface area (Å²) in [6.45, 7) is 4.22. The molecule has 2 rings (SSSR count). The molecule has 0 spiro atoms. The Morgan fingerprint density at radius 3 is 2.72 bits per heavy atom. The second-order valence-electron chi connectivity index (χ2n) is 5.13. The number of para-hydroxylation sites is 1. The van der Waals surface area contributed by atoms with Crippen molar-refractivity contribution in [3.63, 3.8) is 0 Å². The fourth-order valence-electron chi connectivity index (χ4n) is 1.89. The lowest BCUT2D eigenvalue weighted by Crippen LogP contribution is -2.25. The van der Waals surface area contributed by atoms with Gasteiger partial charge in [0.1, 0.15) is 0 Å². The molecule has 0 saturated heterocycles. The van der Waals surface area contributed by atoms with Crippen LogP contribution in [0.15, 0.2) is 34.9 Å². The zero-order valence-electron chi connectivity index (χ0n) is 10.5. The summed E-state index contributed by atoms with van der Waals surface area (Å²) in [6, 6.07) is 8.10. The lowest BCUT2D eigenvalue weighted by Gasteiger charge is -2.19. The van der Waals surface area contributed by atoms with E-state index in [0.717, 1.165) is 15.4 Å². The van der Waals surface area contributed by atoms with Crippen molar-refractivity contribution < 1.29 is 9.90 Å². The van der Waals surface area contributed by atoms with Gasteiger partial charge in [-0.05, 0) is 42.3 Å². The Hall–Kier alpha value is -1.29. The highest BCUT2D eigenvalue weighted by molar-refractivity contribution is 9.10. The van der Waals surface area contributed by atoms with E-state index in [9.17, 15) is 4.79 Å². The molecule has 0 radical (unpaired) electrons. The van der Waals surface area contributed by atoms with Crippen molar-refractivity contribution in [1.29, 1.82) is 0 Å². The van der Waals surface area contributed by atoms with Crippen LogP contribution in [0, 0.1) is 5.41 Å². The average Bonchev–Trinajstić information content (AvgIpc) is 2.65. The molecule has 1 heterocycles. The number of hydrogen-bond donors (Lipinski definition) is 1. The molecular formula is C14H16BrNO2. The number of aliphatic carboxylic acids is 1. The largest absolute Gasteiger partial charge is 0.481 e. The van der Waals surface area contributed by atoms with Gasteiger partial charge in [-0.15, -0.1) is 0 Å². The molecule has 0 fully saturated rings. The van der Waals surface area contributed by atoms with Crippen LogP contribution in [0.3, 0.4) is 0 Å². The lowest BCUT2D eigenvalue weighted by atomic mass is 9.89. The molecule has 1 aromatic heterocycles. The van der Waals surface area contributed by atoms with Gasteiger partial charge in [0.15, 0.2) is 0 Å². The first-order valence-electron chi connectivity index (χ1n) is 5.88. The van der Waals surface area contributed by atoms with Gasteiger partial charge in [-0.2, -0.15) is 0 Å². The van der Waals surface area contributed by atoms with Gasteiger partial charge in [-0.3, -0.25) is 4.79 Å². The van der Waals surface area contributed by atoms with Crippen molar-refractivity contribution in [2.75, 3.05) is 0 Å². The number of fused-ring (bicyclic) bond motifs is 1. The van der Waals surface area contributed by atoms with Gasteiger partial charge in [0.2, 0.25) is 0 Å². The van der Waals surface area contributed by atoms with Crippen LogP contribution in [-0.2, 0) is 11.3 Å². The number of aryl methyl sites for hydroxylation is 1. The normalized spacial score (nSPS) is 11.9. The van der Waals surface area contributed by atoms with E-state index in [-0.39, 0.29) is 0 Å². The average molecular weight is 310 g/mol.